The molecule has 0 aromatic heterocycles. The van der Waals surface area contributed by atoms with Gasteiger partial charge in [-0.2, -0.15) is 0 Å². The highest BCUT2D eigenvalue weighted by molar-refractivity contribution is 5.90. The Morgan fingerprint density at radius 3 is 2.51 bits per heavy atom. The van der Waals surface area contributed by atoms with Crippen LogP contribution >= 0.6 is 0 Å². The maximum absolute atomic E-state index is 13.5. The lowest BCUT2D eigenvalue weighted by molar-refractivity contribution is -0.182. The fourth-order valence-corrected chi connectivity index (χ4v) is 9.82. The first-order valence-electron chi connectivity index (χ1n) is 14.8. The fraction of sp³-hybridized carbons (Fsp3) is 0.806. The normalized spacial score (nSPS) is 40.4. The van der Waals surface area contributed by atoms with E-state index in [0.29, 0.717) is 44.1 Å². The predicted octanol–water partition coefficient (Wildman–Crippen LogP) is 5.24. The average molecular weight is 544 g/mol. The molecule has 1 amide bonds. The second kappa shape index (κ2) is 9.34. The summed E-state index contributed by atoms with van der Waals surface area (Å²) in [5.74, 6) is -0.590. The van der Waals surface area contributed by atoms with E-state index in [9.17, 15) is 24.3 Å². The summed E-state index contributed by atoms with van der Waals surface area (Å²) in [6.45, 7) is 12.2. The van der Waals surface area contributed by atoms with Gasteiger partial charge in [0, 0.05) is 12.0 Å². The second-order valence-electron chi connectivity index (χ2n) is 14.2. The number of carboxylic acids is 1. The SMILES string of the molecule is CC(C)C1=CC2CC3(C=O)C4CC[C@@H](C)C4CC2(CCOC(=O)[C@@H]2CCCN2C(=O)OC(C)(C)C)C13C(=O)O. The van der Waals surface area contributed by atoms with Crippen molar-refractivity contribution in [2.24, 2.45) is 45.8 Å². The Kier molecular flexibility index (Phi) is 6.74. The third-order valence-electron chi connectivity index (χ3n) is 11.1. The Balaban J connectivity index is 1.41. The van der Waals surface area contributed by atoms with Crippen LogP contribution < -0.4 is 0 Å². The number of aliphatic carboxylic acids is 1. The van der Waals surface area contributed by atoms with Crippen LogP contribution in [-0.2, 0) is 23.9 Å². The Bertz CT molecular complexity index is 1090. The molecule has 5 aliphatic rings. The van der Waals surface area contributed by atoms with E-state index in [4.69, 9.17) is 9.47 Å². The second-order valence-corrected chi connectivity index (χ2v) is 14.2. The minimum Gasteiger partial charge on any atom is -0.481 e. The molecule has 8 nitrogen and oxygen atoms in total. The molecule has 8 heteroatoms. The topological polar surface area (TPSA) is 110 Å². The van der Waals surface area contributed by atoms with Crippen molar-refractivity contribution in [3.63, 3.8) is 0 Å². The first-order valence-corrected chi connectivity index (χ1v) is 14.8. The summed E-state index contributed by atoms with van der Waals surface area (Å²) in [4.78, 5) is 54.0. The summed E-state index contributed by atoms with van der Waals surface area (Å²) in [5.41, 5.74) is -2.64. The molecule has 0 spiro atoms. The van der Waals surface area contributed by atoms with Gasteiger partial charge in [-0.25, -0.2) is 9.59 Å². The van der Waals surface area contributed by atoms with Crippen LogP contribution in [0.1, 0.15) is 86.5 Å². The number of amides is 1. The molecular formula is C31H45NO7. The number of carboxylic acid groups (broad SMARTS) is 1. The molecule has 0 aromatic carbocycles. The molecular weight excluding hydrogens is 498 g/mol. The van der Waals surface area contributed by atoms with Gasteiger partial charge in [0.1, 0.15) is 23.3 Å². The number of hydrogen-bond donors (Lipinski definition) is 1. The molecule has 1 N–H and O–H groups in total. The Hall–Kier alpha value is -2.38. The maximum atomic E-state index is 13.5. The van der Waals surface area contributed by atoms with Crippen molar-refractivity contribution in [1.82, 2.24) is 4.90 Å². The molecule has 6 unspecified atom stereocenters. The van der Waals surface area contributed by atoms with E-state index in [1.165, 1.54) is 4.90 Å². The minimum atomic E-state index is -1.27. The van der Waals surface area contributed by atoms with E-state index in [-0.39, 0.29) is 24.4 Å². The van der Waals surface area contributed by atoms with E-state index in [2.05, 4.69) is 13.0 Å². The molecule has 5 rings (SSSR count). The number of rotatable bonds is 7. The molecule has 0 aromatic rings. The lowest BCUT2D eigenvalue weighted by Gasteiger charge is -2.58. The third-order valence-corrected chi connectivity index (χ3v) is 11.1. The summed E-state index contributed by atoms with van der Waals surface area (Å²) in [6, 6.07) is -0.699. The number of likely N-dealkylation sites (tertiary alicyclic amines) is 1. The number of fused-ring (bicyclic) bond motifs is 2. The molecule has 1 saturated heterocycles. The highest BCUT2D eigenvalue weighted by Crippen LogP contribution is 2.83. The number of hydrogen-bond acceptors (Lipinski definition) is 6. The predicted molar refractivity (Wildman–Crippen MR) is 144 cm³/mol. The first-order chi connectivity index (χ1) is 18.3. The molecule has 3 saturated carbocycles. The van der Waals surface area contributed by atoms with Gasteiger partial charge in [0.05, 0.1) is 12.0 Å². The number of carbonyl (C=O) groups is 4. The Labute approximate surface area is 231 Å². The monoisotopic (exact) mass is 543 g/mol. The number of nitrogens with zero attached hydrogens (tertiary/aromatic N) is 1. The van der Waals surface area contributed by atoms with Crippen molar-refractivity contribution in [2.45, 2.75) is 98.1 Å². The van der Waals surface area contributed by atoms with Crippen molar-refractivity contribution in [2.75, 3.05) is 13.2 Å². The summed E-state index contributed by atoms with van der Waals surface area (Å²) in [5, 5.41) is 11.1. The van der Waals surface area contributed by atoms with Crippen molar-refractivity contribution in [1.29, 1.82) is 0 Å². The standard InChI is InChI=1S/C31H45NO7/c1-18(2)23-14-20-15-30(17-33)22-10-9-19(3)21(22)16-29(20,31(23,30)26(35)36)11-13-38-25(34)24-8-7-12-32(24)27(37)39-28(4,5)6/h14,17-22,24H,7-13,15-16H2,1-6H3,(H,35,36)/t19-,20?,21?,22?,24+,29?,30?,31?/m1/s1. The van der Waals surface area contributed by atoms with Crippen LogP contribution in [0.5, 0.6) is 0 Å². The van der Waals surface area contributed by atoms with E-state index < -0.39 is 45.9 Å². The van der Waals surface area contributed by atoms with Crippen LogP contribution in [0.3, 0.4) is 0 Å². The zero-order chi connectivity index (χ0) is 28.5. The largest absolute Gasteiger partial charge is 0.481 e. The summed E-state index contributed by atoms with van der Waals surface area (Å²) in [7, 11) is 0. The smallest absolute Gasteiger partial charge is 0.411 e. The Morgan fingerprint density at radius 1 is 1.18 bits per heavy atom. The maximum Gasteiger partial charge on any atom is 0.411 e. The lowest BCUT2D eigenvalue weighted by atomic mass is 9.42. The van der Waals surface area contributed by atoms with Gasteiger partial charge in [0.2, 0.25) is 0 Å². The average Bonchev–Trinajstić information content (AvgIpc) is 3.58. The van der Waals surface area contributed by atoms with Gasteiger partial charge in [-0.15, -0.1) is 0 Å². The molecule has 8 atom stereocenters. The quantitative estimate of drug-likeness (QED) is 0.265. The molecule has 4 fully saturated rings. The van der Waals surface area contributed by atoms with Crippen LogP contribution in [0.2, 0.25) is 0 Å². The van der Waals surface area contributed by atoms with Gasteiger partial charge >= 0.3 is 18.0 Å². The molecule has 4 aliphatic carbocycles. The fourth-order valence-electron chi connectivity index (χ4n) is 9.82. The first kappa shape index (κ1) is 28.2. The number of esters is 1. The van der Waals surface area contributed by atoms with E-state index >= 15 is 0 Å². The van der Waals surface area contributed by atoms with Crippen LogP contribution in [0, 0.1) is 45.8 Å². The van der Waals surface area contributed by atoms with Gasteiger partial charge in [0.15, 0.2) is 0 Å². The van der Waals surface area contributed by atoms with Crippen molar-refractivity contribution in [3.05, 3.63) is 11.6 Å². The van der Waals surface area contributed by atoms with Crippen molar-refractivity contribution < 1.29 is 33.8 Å². The Morgan fingerprint density at radius 2 is 1.90 bits per heavy atom. The number of aldehydes is 1. The van der Waals surface area contributed by atoms with E-state index in [1.807, 2.05) is 13.8 Å². The molecule has 1 aliphatic heterocycles. The van der Waals surface area contributed by atoms with Crippen molar-refractivity contribution >= 4 is 24.3 Å². The van der Waals surface area contributed by atoms with Crippen LogP contribution in [0.15, 0.2) is 11.6 Å². The van der Waals surface area contributed by atoms with Crippen LogP contribution in [0.4, 0.5) is 4.79 Å². The van der Waals surface area contributed by atoms with Gasteiger partial charge in [-0.1, -0.05) is 38.8 Å². The van der Waals surface area contributed by atoms with Crippen molar-refractivity contribution in [3.8, 4) is 0 Å². The summed E-state index contributed by atoms with van der Waals surface area (Å²) < 4.78 is 11.3. The van der Waals surface area contributed by atoms with Gasteiger partial charge in [0.25, 0.3) is 0 Å². The lowest BCUT2D eigenvalue weighted by Crippen LogP contribution is -2.62. The molecule has 1 heterocycles. The van der Waals surface area contributed by atoms with E-state index in [0.717, 1.165) is 31.1 Å². The number of carbonyl (C=O) groups excluding carboxylic acids is 3. The summed E-state index contributed by atoms with van der Waals surface area (Å²) in [6.07, 6.45) is 7.47. The van der Waals surface area contributed by atoms with Gasteiger partial charge in [-0.3, -0.25) is 9.69 Å². The highest BCUT2D eigenvalue weighted by atomic mass is 16.6. The number of ether oxygens (including phenoxy) is 2. The van der Waals surface area contributed by atoms with Crippen LogP contribution in [0.25, 0.3) is 0 Å². The zero-order valence-electron chi connectivity index (χ0n) is 24.3. The minimum absolute atomic E-state index is 0.00361. The number of allylic oxidation sites excluding steroid dienone is 1. The molecule has 0 radical (unpaired) electrons. The summed E-state index contributed by atoms with van der Waals surface area (Å²) >= 11 is 0. The van der Waals surface area contributed by atoms with E-state index in [1.54, 1.807) is 20.8 Å². The van der Waals surface area contributed by atoms with Crippen LogP contribution in [-0.4, -0.2) is 59.1 Å². The highest BCUT2D eigenvalue weighted by Gasteiger charge is 2.84. The molecule has 216 valence electrons. The third kappa shape index (κ3) is 3.75. The van der Waals surface area contributed by atoms with Gasteiger partial charge < -0.3 is 19.4 Å². The molecule has 4 bridgehead atoms. The molecule has 39 heavy (non-hydrogen) atoms. The zero-order valence-corrected chi connectivity index (χ0v) is 24.3. The van der Waals surface area contributed by atoms with Gasteiger partial charge in [-0.05, 0) is 88.9 Å².